The third kappa shape index (κ3) is 7.03. The minimum Gasteiger partial charge on any atom is -0.478 e. The highest BCUT2D eigenvalue weighted by Gasteiger charge is 2.51. The summed E-state index contributed by atoms with van der Waals surface area (Å²) in [5.41, 5.74) is 0.924. The van der Waals surface area contributed by atoms with Crippen molar-refractivity contribution in [2.45, 2.75) is 48.8 Å². The van der Waals surface area contributed by atoms with Gasteiger partial charge in [-0.1, -0.05) is 118 Å². The van der Waals surface area contributed by atoms with Gasteiger partial charge in [0.1, 0.15) is 5.82 Å². The lowest BCUT2D eigenvalue weighted by Gasteiger charge is -2.43. The maximum atomic E-state index is 13.5. The van der Waals surface area contributed by atoms with Gasteiger partial charge in [0.15, 0.2) is 0 Å². The topological polar surface area (TPSA) is 111 Å². The summed E-state index contributed by atoms with van der Waals surface area (Å²) in [6.07, 6.45) is 2.15. The summed E-state index contributed by atoms with van der Waals surface area (Å²) in [6.45, 7) is 7.03. The number of nitrogens with one attached hydrogen (secondary N) is 1. The fourth-order valence-corrected chi connectivity index (χ4v) is 13.2. The molecular formula is C39H39N3O5SSi. The highest BCUT2D eigenvalue weighted by atomic mass is 32.2. The fourth-order valence-electron chi connectivity index (χ4n) is 6.85. The number of benzene rings is 4. The van der Waals surface area contributed by atoms with Crippen molar-refractivity contribution < 1.29 is 19.1 Å². The zero-order valence-electron chi connectivity index (χ0n) is 27.7. The Labute approximate surface area is 291 Å². The highest BCUT2D eigenvalue weighted by molar-refractivity contribution is 8.00. The van der Waals surface area contributed by atoms with Crippen molar-refractivity contribution in [1.82, 2.24) is 9.55 Å². The molecule has 1 amide bonds. The number of amides is 1. The number of carboxylic acid groups (broad SMARTS) is 1. The number of aromatic nitrogens is 2. The molecule has 0 aliphatic carbocycles. The van der Waals surface area contributed by atoms with Gasteiger partial charge in [-0.3, -0.25) is 9.36 Å². The lowest BCUT2D eigenvalue weighted by Crippen LogP contribution is -2.67. The molecule has 4 aromatic carbocycles. The van der Waals surface area contributed by atoms with E-state index in [4.69, 9.17) is 4.43 Å². The zero-order valence-corrected chi connectivity index (χ0v) is 29.5. The van der Waals surface area contributed by atoms with Gasteiger partial charge in [0.05, 0.1) is 10.9 Å². The second kappa shape index (κ2) is 14.4. The van der Waals surface area contributed by atoms with Crippen LogP contribution in [-0.2, 0) is 4.43 Å². The predicted molar refractivity (Wildman–Crippen MR) is 198 cm³/mol. The summed E-state index contributed by atoms with van der Waals surface area (Å²) in [6, 6.07) is 38.3. The molecule has 6 rings (SSSR count). The third-order valence-corrected chi connectivity index (χ3v) is 15.7. The monoisotopic (exact) mass is 689 g/mol. The van der Waals surface area contributed by atoms with Crippen LogP contribution in [0.4, 0.5) is 5.82 Å². The van der Waals surface area contributed by atoms with Crippen LogP contribution in [0.2, 0.25) is 5.04 Å². The molecule has 0 spiro atoms. The summed E-state index contributed by atoms with van der Waals surface area (Å²) in [7, 11) is -2.90. The minimum absolute atomic E-state index is 0.164. The van der Waals surface area contributed by atoms with Crippen LogP contribution in [0, 0.1) is 0 Å². The highest BCUT2D eigenvalue weighted by Crippen LogP contribution is 2.51. The minimum atomic E-state index is -2.90. The SMILES string of the molecule is CC(C)(C)[Si](OC[C@@H]1S[C@@H](n2ccc(NC(=O)c3ccccc3)nc2=O)C[C@H]1c1ccccc1C(=O)O)(c1ccccc1)c1ccccc1. The van der Waals surface area contributed by atoms with E-state index in [9.17, 15) is 19.5 Å². The van der Waals surface area contributed by atoms with Crippen LogP contribution >= 0.6 is 11.8 Å². The molecule has 0 saturated carbocycles. The molecule has 5 aromatic rings. The number of carbonyl (C=O) groups is 2. The smallest absolute Gasteiger partial charge is 0.350 e. The van der Waals surface area contributed by atoms with Crippen LogP contribution in [0.5, 0.6) is 0 Å². The Balaban J connectivity index is 1.35. The van der Waals surface area contributed by atoms with Gasteiger partial charge in [0.2, 0.25) is 0 Å². The van der Waals surface area contributed by atoms with Crippen molar-refractivity contribution >= 4 is 48.1 Å². The first-order valence-corrected chi connectivity index (χ1v) is 19.1. The number of nitrogens with zero attached hydrogens (tertiary/aromatic N) is 2. The average molecular weight is 690 g/mol. The largest absolute Gasteiger partial charge is 0.478 e. The van der Waals surface area contributed by atoms with E-state index in [0.29, 0.717) is 24.2 Å². The average Bonchev–Trinajstić information content (AvgIpc) is 3.53. The number of anilines is 1. The Hall–Kier alpha value is -4.77. The second-order valence-corrected chi connectivity index (χ2v) is 18.9. The van der Waals surface area contributed by atoms with Gasteiger partial charge < -0.3 is 14.8 Å². The molecule has 1 aliphatic heterocycles. The van der Waals surface area contributed by atoms with Crippen LogP contribution in [0.15, 0.2) is 132 Å². The van der Waals surface area contributed by atoms with Crippen molar-refractivity contribution in [2.24, 2.45) is 0 Å². The standard InChI is InChI=1S/C39H39N3O5SSi/c1-39(2,3)49(28-17-9-5-10-18-28,29-19-11-6-12-20-29)47-26-33-32(30-21-13-14-22-31(30)37(44)45)25-35(48-33)42-24-23-34(41-38(42)46)40-36(43)27-15-7-4-8-16-27/h4-24,32-33,35H,25-26H2,1-3H3,(H,44,45)(H,40,41,43,46)/t32-,33-,35+/m0/s1. The van der Waals surface area contributed by atoms with E-state index in [1.165, 1.54) is 0 Å². The van der Waals surface area contributed by atoms with Crippen molar-refractivity contribution in [3.8, 4) is 0 Å². The number of hydrogen-bond acceptors (Lipinski definition) is 6. The number of carboxylic acids is 1. The summed E-state index contributed by atoms with van der Waals surface area (Å²) in [5.74, 6) is -1.40. The molecule has 0 unspecified atom stereocenters. The Morgan fingerprint density at radius 3 is 2.02 bits per heavy atom. The normalized spacial score (nSPS) is 17.8. The number of thioether (sulfide) groups is 1. The molecule has 8 nitrogen and oxygen atoms in total. The van der Waals surface area contributed by atoms with Gasteiger partial charge in [0.25, 0.3) is 14.2 Å². The molecule has 2 N–H and O–H groups in total. The van der Waals surface area contributed by atoms with E-state index >= 15 is 0 Å². The van der Waals surface area contributed by atoms with Gasteiger partial charge in [0, 0.05) is 29.5 Å². The maximum absolute atomic E-state index is 13.5. The van der Waals surface area contributed by atoms with E-state index in [-0.39, 0.29) is 38.9 Å². The molecule has 1 saturated heterocycles. The van der Waals surface area contributed by atoms with Crippen LogP contribution in [-0.4, -0.2) is 46.7 Å². The number of hydrogen-bond donors (Lipinski definition) is 2. The van der Waals surface area contributed by atoms with Crippen molar-refractivity contribution in [1.29, 1.82) is 0 Å². The van der Waals surface area contributed by atoms with Crippen LogP contribution < -0.4 is 21.4 Å². The molecule has 1 aromatic heterocycles. The molecule has 49 heavy (non-hydrogen) atoms. The van der Waals surface area contributed by atoms with Crippen molar-refractivity contribution in [2.75, 3.05) is 11.9 Å². The summed E-state index contributed by atoms with van der Waals surface area (Å²) < 4.78 is 8.91. The summed E-state index contributed by atoms with van der Waals surface area (Å²) >= 11 is 1.60. The van der Waals surface area contributed by atoms with E-state index in [2.05, 4.69) is 55.3 Å². The van der Waals surface area contributed by atoms with E-state index in [1.807, 2.05) is 54.6 Å². The number of carbonyl (C=O) groups excluding carboxylic acids is 1. The predicted octanol–water partition coefficient (Wildman–Crippen LogP) is 6.56. The van der Waals surface area contributed by atoms with Gasteiger partial charge in [-0.25, -0.2) is 9.59 Å². The Morgan fingerprint density at radius 2 is 1.45 bits per heavy atom. The van der Waals surface area contributed by atoms with Gasteiger partial charge in [-0.05, 0) is 51.7 Å². The van der Waals surface area contributed by atoms with E-state index in [1.54, 1.807) is 65.0 Å². The number of rotatable bonds is 10. The zero-order chi connectivity index (χ0) is 34.6. The number of aromatic carboxylic acids is 1. The first-order valence-electron chi connectivity index (χ1n) is 16.3. The van der Waals surface area contributed by atoms with Crippen LogP contribution in [0.3, 0.4) is 0 Å². The molecule has 1 fully saturated rings. The quantitative estimate of drug-likeness (QED) is 0.160. The Bertz CT molecular complexity index is 1940. The molecule has 1 aliphatic rings. The van der Waals surface area contributed by atoms with Crippen molar-refractivity contribution in [3.63, 3.8) is 0 Å². The second-order valence-electron chi connectivity index (χ2n) is 13.2. The lowest BCUT2D eigenvalue weighted by molar-refractivity contribution is 0.0694. The molecule has 3 atom stereocenters. The molecule has 250 valence electrons. The molecule has 0 radical (unpaired) electrons. The first kappa shape index (κ1) is 34.1. The van der Waals surface area contributed by atoms with Gasteiger partial charge in [-0.2, -0.15) is 4.98 Å². The van der Waals surface area contributed by atoms with Gasteiger partial charge in [-0.15, -0.1) is 11.8 Å². The van der Waals surface area contributed by atoms with E-state index in [0.717, 1.165) is 10.4 Å². The summed E-state index contributed by atoms with van der Waals surface area (Å²) in [4.78, 5) is 42.8. The third-order valence-electron chi connectivity index (χ3n) is 9.13. The summed E-state index contributed by atoms with van der Waals surface area (Å²) in [5, 5.41) is 14.4. The van der Waals surface area contributed by atoms with Crippen molar-refractivity contribution in [3.05, 3.63) is 155 Å². The van der Waals surface area contributed by atoms with Crippen LogP contribution in [0.25, 0.3) is 0 Å². The Kier molecular flexibility index (Phi) is 10.0. The van der Waals surface area contributed by atoms with Crippen LogP contribution in [0.1, 0.15) is 64.8 Å². The fraction of sp³-hybridized carbons (Fsp3) is 0.231. The molecule has 10 heteroatoms. The Morgan fingerprint density at radius 1 is 0.878 bits per heavy atom. The molecule has 2 heterocycles. The van der Waals surface area contributed by atoms with Gasteiger partial charge >= 0.3 is 11.7 Å². The first-order chi connectivity index (χ1) is 23.6. The lowest BCUT2D eigenvalue weighted by atomic mass is 9.89. The maximum Gasteiger partial charge on any atom is 0.350 e. The molecular weight excluding hydrogens is 651 g/mol. The molecule has 0 bridgehead atoms. The van der Waals surface area contributed by atoms with E-state index < -0.39 is 20.0 Å².